The molecule has 2 aromatic rings. The lowest BCUT2D eigenvalue weighted by molar-refractivity contribution is 0.410. The van der Waals surface area contributed by atoms with E-state index in [1.54, 1.807) is 25.3 Å². The van der Waals surface area contributed by atoms with Gasteiger partial charge in [0.25, 0.3) is 0 Å². The molecule has 2 nitrogen and oxygen atoms in total. The van der Waals surface area contributed by atoms with E-state index in [0.717, 1.165) is 17.7 Å². The van der Waals surface area contributed by atoms with Crippen molar-refractivity contribution in [1.82, 2.24) is 0 Å². The first kappa shape index (κ1) is 13.6. The van der Waals surface area contributed by atoms with Gasteiger partial charge < -0.3 is 10.1 Å². The summed E-state index contributed by atoms with van der Waals surface area (Å²) in [6.07, 6.45) is 0. The summed E-state index contributed by atoms with van der Waals surface area (Å²) in [5.41, 5.74) is 1.23. The van der Waals surface area contributed by atoms with Crippen molar-refractivity contribution in [3.05, 3.63) is 58.6 Å². The molecule has 0 bridgehead atoms. The normalized spacial score (nSPS) is 10.3. The molecule has 0 aromatic heterocycles. The van der Waals surface area contributed by atoms with Crippen LogP contribution in [0.2, 0.25) is 5.02 Å². The van der Waals surface area contributed by atoms with Gasteiger partial charge in [-0.2, -0.15) is 0 Å². The lowest BCUT2D eigenvalue weighted by Gasteiger charge is -2.12. The fraction of sp³-hybridized carbons (Fsp3) is 0.143. The molecule has 0 heterocycles. The van der Waals surface area contributed by atoms with E-state index in [0.29, 0.717) is 23.0 Å². The van der Waals surface area contributed by atoms with E-state index >= 15 is 0 Å². The van der Waals surface area contributed by atoms with Crippen LogP contribution >= 0.6 is 11.6 Å². The second-order valence-electron chi connectivity index (χ2n) is 3.90. The predicted molar refractivity (Wildman–Crippen MR) is 71.7 cm³/mol. The van der Waals surface area contributed by atoms with Gasteiger partial charge in [0.2, 0.25) is 0 Å². The standard InChI is InChI=1S/C14H12ClF2NO/c1-19-14-4-2-3-11(15)10(14)8-18-9-5-6-12(16)13(17)7-9/h2-7,18H,8H2,1H3. The molecule has 0 unspecified atom stereocenters. The highest BCUT2D eigenvalue weighted by molar-refractivity contribution is 6.31. The van der Waals surface area contributed by atoms with E-state index in [4.69, 9.17) is 16.3 Å². The highest BCUT2D eigenvalue weighted by Crippen LogP contribution is 2.27. The van der Waals surface area contributed by atoms with Crippen LogP contribution in [0.1, 0.15) is 5.56 Å². The number of hydrogen-bond donors (Lipinski definition) is 1. The van der Waals surface area contributed by atoms with E-state index < -0.39 is 11.6 Å². The van der Waals surface area contributed by atoms with E-state index in [2.05, 4.69) is 5.32 Å². The number of methoxy groups -OCH3 is 1. The molecule has 19 heavy (non-hydrogen) atoms. The summed E-state index contributed by atoms with van der Waals surface area (Å²) in [5, 5.41) is 3.52. The molecule has 2 aromatic carbocycles. The summed E-state index contributed by atoms with van der Waals surface area (Å²) in [6.45, 7) is 0.355. The fourth-order valence-corrected chi connectivity index (χ4v) is 1.93. The monoisotopic (exact) mass is 283 g/mol. The SMILES string of the molecule is COc1cccc(Cl)c1CNc1ccc(F)c(F)c1. The number of ether oxygens (including phenoxy) is 1. The maximum atomic E-state index is 13.1. The van der Waals surface area contributed by atoms with Crippen LogP contribution in [0.15, 0.2) is 36.4 Å². The highest BCUT2D eigenvalue weighted by Gasteiger charge is 2.08. The van der Waals surface area contributed by atoms with Crippen LogP contribution in [-0.2, 0) is 6.54 Å². The van der Waals surface area contributed by atoms with E-state index in [-0.39, 0.29) is 0 Å². The molecule has 0 aliphatic rings. The molecule has 2 rings (SSSR count). The van der Waals surface area contributed by atoms with Crippen molar-refractivity contribution >= 4 is 17.3 Å². The molecule has 0 saturated carbocycles. The molecule has 0 saturated heterocycles. The summed E-state index contributed by atoms with van der Waals surface area (Å²) in [6, 6.07) is 8.94. The topological polar surface area (TPSA) is 21.3 Å². The van der Waals surface area contributed by atoms with Crippen LogP contribution < -0.4 is 10.1 Å². The summed E-state index contributed by atoms with van der Waals surface area (Å²) in [5.74, 6) is -1.13. The van der Waals surface area contributed by atoms with Crippen LogP contribution in [0.25, 0.3) is 0 Å². The minimum atomic E-state index is -0.892. The first-order valence-electron chi connectivity index (χ1n) is 5.62. The largest absolute Gasteiger partial charge is 0.496 e. The molecular formula is C14H12ClF2NO. The van der Waals surface area contributed by atoms with Gasteiger partial charge in [-0.15, -0.1) is 0 Å². The molecule has 0 radical (unpaired) electrons. The van der Waals surface area contributed by atoms with Crippen LogP contribution in [0.3, 0.4) is 0 Å². The van der Waals surface area contributed by atoms with Gasteiger partial charge in [-0.05, 0) is 24.3 Å². The number of anilines is 1. The Hall–Kier alpha value is -1.81. The van der Waals surface area contributed by atoms with Crippen molar-refractivity contribution in [2.75, 3.05) is 12.4 Å². The summed E-state index contributed by atoms with van der Waals surface area (Å²) < 4.78 is 31.1. The third-order valence-electron chi connectivity index (χ3n) is 2.68. The Labute approximate surface area is 115 Å². The number of nitrogens with one attached hydrogen (secondary N) is 1. The Morgan fingerprint density at radius 1 is 1.16 bits per heavy atom. The van der Waals surface area contributed by atoms with Crippen LogP contribution in [0.5, 0.6) is 5.75 Å². The lowest BCUT2D eigenvalue weighted by atomic mass is 10.2. The second kappa shape index (κ2) is 5.89. The first-order chi connectivity index (χ1) is 9.11. The number of hydrogen-bond acceptors (Lipinski definition) is 2. The number of benzene rings is 2. The predicted octanol–water partition coefficient (Wildman–Crippen LogP) is 4.24. The fourth-order valence-electron chi connectivity index (χ4n) is 1.70. The minimum Gasteiger partial charge on any atom is -0.496 e. The molecule has 0 atom stereocenters. The first-order valence-corrected chi connectivity index (χ1v) is 6.00. The quantitative estimate of drug-likeness (QED) is 0.906. The van der Waals surface area contributed by atoms with Crippen LogP contribution in [-0.4, -0.2) is 7.11 Å². The van der Waals surface area contributed by atoms with Gasteiger partial charge in [0, 0.05) is 28.9 Å². The van der Waals surface area contributed by atoms with Crippen LogP contribution in [0, 0.1) is 11.6 Å². The summed E-state index contributed by atoms with van der Waals surface area (Å²) >= 11 is 6.08. The summed E-state index contributed by atoms with van der Waals surface area (Å²) in [7, 11) is 1.55. The van der Waals surface area contributed by atoms with Gasteiger partial charge in [-0.25, -0.2) is 8.78 Å². The summed E-state index contributed by atoms with van der Waals surface area (Å²) in [4.78, 5) is 0. The second-order valence-corrected chi connectivity index (χ2v) is 4.31. The Balaban J connectivity index is 2.16. The highest BCUT2D eigenvalue weighted by atomic mass is 35.5. The van der Waals surface area contributed by atoms with Gasteiger partial charge in [-0.3, -0.25) is 0 Å². The number of rotatable bonds is 4. The van der Waals surface area contributed by atoms with Gasteiger partial charge in [0.05, 0.1) is 7.11 Å². The van der Waals surface area contributed by atoms with E-state index in [9.17, 15) is 8.78 Å². The molecule has 1 N–H and O–H groups in total. The Kier molecular flexibility index (Phi) is 4.22. The van der Waals surface area contributed by atoms with Crippen molar-refractivity contribution < 1.29 is 13.5 Å². The zero-order valence-corrected chi connectivity index (χ0v) is 11.0. The minimum absolute atomic E-state index is 0.355. The molecule has 100 valence electrons. The van der Waals surface area contributed by atoms with Crippen molar-refractivity contribution in [2.45, 2.75) is 6.54 Å². The zero-order valence-electron chi connectivity index (χ0n) is 10.2. The Morgan fingerprint density at radius 3 is 2.63 bits per heavy atom. The third kappa shape index (κ3) is 3.15. The van der Waals surface area contributed by atoms with Crippen LogP contribution in [0.4, 0.5) is 14.5 Å². The average molecular weight is 284 g/mol. The molecule has 5 heteroatoms. The molecule has 0 aliphatic carbocycles. The smallest absolute Gasteiger partial charge is 0.160 e. The van der Waals surface area contributed by atoms with Crippen molar-refractivity contribution in [3.8, 4) is 5.75 Å². The molecular weight excluding hydrogens is 272 g/mol. The maximum Gasteiger partial charge on any atom is 0.160 e. The molecule has 0 aliphatic heterocycles. The maximum absolute atomic E-state index is 13.1. The van der Waals surface area contributed by atoms with Gasteiger partial charge in [0.15, 0.2) is 11.6 Å². The van der Waals surface area contributed by atoms with Crippen molar-refractivity contribution in [3.63, 3.8) is 0 Å². The Bertz CT molecular complexity index is 590. The van der Waals surface area contributed by atoms with Gasteiger partial charge in [0.1, 0.15) is 5.75 Å². The van der Waals surface area contributed by atoms with Crippen molar-refractivity contribution in [2.24, 2.45) is 0 Å². The average Bonchev–Trinajstić information content (AvgIpc) is 2.41. The molecule has 0 fully saturated rings. The molecule has 0 amide bonds. The number of halogens is 3. The molecule has 0 spiro atoms. The zero-order chi connectivity index (χ0) is 13.8. The Morgan fingerprint density at radius 2 is 1.95 bits per heavy atom. The van der Waals surface area contributed by atoms with E-state index in [1.165, 1.54) is 6.07 Å². The van der Waals surface area contributed by atoms with Gasteiger partial charge in [-0.1, -0.05) is 17.7 Å². The third-order valence-corrected chi connectivity index (χ3v) is 3.04. The lowest BCUT2D eigenvalue weighted by Crippen LogP contribution is -2.03. The van der Waals surface area contributed by atoms with E-state index in [1.807, 2.05) is 0 Å². The van der Waals surface area contributed by atoms with Crippen molar-refractivity contribution in [1.29, 1.82) is 0 Å². The van der Waals surface area contributed by atoms with Gasteiger partial charge >= 0.3 is 0 Å².